The Morgan fingerprint density at radius 2 is 2.20 bits per heavy atom. The van der Waals surface area contributed by atoms with Crippen molar-refractivity contribution in [2.24, 2.45) is 0 Å². The molecule has 1 amide bonds. The number of ether oxygens (including phenoxy) is 1. The first-order chi connectivity index (χ1) is 12.0. The molecule has 8 nitrogen and oxygen atoms in total. The number of benzene rings is 1. The number of fused-ring (bicyclic) bond motifs is 1. The molecule has 1 aliphatic heterocycles. The summed E-state index contributed by atoms with van der Waals surface area (Å²) in [5, 5.41) is 13.5. The highest BCUT2D eigenvalue weighted by Gasteiger charge is 2.34. The van der Waals surface area contributed by atoms with Gasteiger partial charge in [0, 0.05) is 35.3 Å². The monoisotopic (exact) mass is 343 g/mol. The number of pyridine rings is 1. The lowest BCUT2D eigenvalue weighted by atomic mass is 10.1. The van der Waals surface area contributed by atoms with E-state index in [9.17, 15) is 14.4 Å². The van der Waals surface area contributed by atoms with Crippen LogP contribution in [0.5, 0.6) is 0 Å². The Bertz CT molecular complexity index is 931. The number of amides is 1. The maximum Gasteiger partial charge on any atom is 0.337 e. The van der Waals surface area contributed by atoms with Crippen molar-refractivity contribution in [1.29, 1.82) is 0 Å². The number of aliphatic hydroxyl groups excluding tert-OH is 1. The molecular weight excluding hydrogens is 326 g/mol. The first-order valence-corrected chi connectivity index (χ1v) is 7.65. The van der Waals surface area contributed by atoms with Crippen LogP contribution in [0.2, 0.25) is 0 Å². The van der Waals surface area contributed by atoms with Gasteiger partial charge in [0.1, 0.15) is 5.70 Å². The molecule has 8 heteroatoms. The Kier molecular flexibility index (Phi) is 4.53. The van der Waals surface area contributed by atoms with Crippen molar-refractivity contribution < 1.29 is 19.4 Å². The number of hydrogen-bond donors (Lipinski definition) is 3. The van der Waals surface area contributed by atoms with E-state index in [1.807, 2.05) is 6.07 Å². The van der Waals surface area contributed by atoms with E-state index in [0.29, 0.717) is 11.1 Å². The standard InChI is InChI=1S/C17H17N3O5/c1-25-17(24)12-9-20(5-6-21)16(23)15(12)19-13-4-2-3-10-8-18-14(22)7-11(10)13/h2-4,7-8,19,21H,5-6,9H2,1H3,(H,18,22). The Morgan fingerprint density at radius 3 is 2.92 bits per heavy atom. The topological polar surface area (TPSA) is 112 Å². The number of aliphatic hydroxyl groups is 1. The number of nitrogens with zero attached hydrogens (tertiary/aromatic N) is 1. The summed E-state index contributed by atoms with van der Waals surface area (Å²) in [6, 6.07) is 6.72. The highest BCUT2D eigenvalue weighted by atomic mass is 16.5. The Balaban J connectivity index is 2.05. The number of methoxy groups -OCH3 is 1. The molecule has 0 radical (unpaired) electrons. The summed E-state index contributed by atoms with van der Waals surface area (Å²) in [4.78, 5) is 40.1. The number of hydrogen-bond acceptors (Lipinski definition) is 6. The number of aromatic amines is 1. The lowest BCUT2D eigenvalue weighted by Crippen LogP contribution is -2.31. The van der Waals surface area contributed by atoms with E-state index in [-0.39, 0.29) is 36.5 Å². The van der Waals surface area contributed by atoms with Gasteiger partial charge in [-0.2, -0.15) is 0 Å². The molecule has 0 saturated heterocycles. The zero-order chi connectivity index (χ0) is 18.0. The third kappa shape index (κ3) is 3.11. The minimum Gasteiger partial charge on any atom is -0.466 e. The van der Waals surface area contributed by atoms with Crippen molar-refractivity contribution in [3.05, 3.63) is 52.1 Å². The van der Waals surface area contributed by atoms with Crippen molar-refractivity contribution in [1.82, 2.24) is 9.88 Å². The van der Waals surface area contributed by atoms with E-state index in [2.05, 4.69) is 10.3 Å². The molecule has 130 valence electrons. The number of rotatable bonds is 5. The van der Waals surface area contributed by atoms with Crippen LogP contribution in [-0.2, 0) is 14.3 Å². The van der Waals surface area contributed by atoms with Gasteiger partial charge in [0.15, 0.2) is 0 Å². The molecule has 1 aromatic carbocycles. The average Bonchev–Trinajstić information content (AvgIpc) is 2.91. The Labute approximate surface area is 142 Å². The highest BCUT2D eigenvalue weighted by Crippen LogP contribution is 2.27. The SMILES string of the molecule is COC(=O)C1=C(Nc2cccc3c[nH]c(=O)cc23)C(=O)N(CCO)C1. The van der Waals surface area contributed by atoms with E-state index < -0.39 is 11.9 Å². The second kappa shape index (κ2) is 6.78. The number of nitrogens with one attached hydrogen (secondary N) is 2. The van der Waals surface area contributed by atoms with Crippen molar-refractivity contribution in [2.75, 3.05) is 32.1 Å². The van der Waals surface area contributed by atoms with Crippen LogP contribution in [0, 0.1) is 0 Å². The first-order valence-electron chi connectivity index (χ1n) is 7.65. The molecule has 0 unspecified atom stereocenters. The van der Waals surface area contributed by atoms with E-state index in [4.69, 9.17) is 9.84 Å². The van der Waals surface area contributed by atoms with Crippen molar-refractivity contribution in [3.63, 3.8) is 0 Å². The summed E-state index contributed by atoms with van der Waals surface area (Å²) >= 11 is 0. The van der Waals surface area contributed by atoms with Gasteiger partial charge in [0.2, 0.25) is 5.56 Å². The first kappa shape index (κ1) is 16.7. The quantitative estimate of drug-likeness (QED) is 0.669. The van der Waals surface area contributed by atoms with Crippen molar-refractivity contribution >= 4 is 28.3 Å². The van der Waals surface area contributed by atoms with E-state index in [0.717, 1.165) is 5.39 Å². The van der Waals surface area contributed by atoms with Gasteiger partial charge in [-0.15, -0.1) is 0 Å². The third-order valence-corrected chi connectivity index (χ3v) is 4.00. The smallest absolute Gasteiger partial charge is 0.337 e. The summed E-state index contributed by atoms with van der Waals surface area (Å²) in [7, 11) is 1.24. The fourth-order valence-electron chi connectivity index (χ4n) is 2.78. The number of esters is 1. The molecule has 3 N–H and O–H groups in total. The van der Waals surface area contributed by atoms with Gasteiger partial charge >= 0.3 is 5.97 Å². The largest absolute Gasteiger partial charge is 0.466 e. The molecule has 2 heterocycles. The second-order valence-corrected chi connectivity index (χ2v) is 5.53. The summed E-state index contributed by atoms with van der Waals surface area (Å²) in [5.41, 5.74) is 0.527. The van der Waals surface area contributed by atoms with Crippen LogP contribution in [0.3, 0.4) is 0 Å². The Morgan fingerprint density at radius 1 is 1.40 bits per heavy atom. The fourth-order valence-corrected chi connectivity index (χ4v) is 2.78. The predicted octanol–water partition coefficient (Wildman–Crippen LogP) is 0.202. The van der Waals surface area contributed by atoms with Crippen LogP contribution >= 0.6 is 0 Å². The van der Waals surface area contributed by atoms with Gasteiger partial charge in [0.05, 0.1) is 25.8 Å². The van der Waals surface area contributed by atoms with Crippen LogP contribution in [-0.4, -0.2) is 53.7 Å². The van der Waals surface area contributed by atoms with Gasteiger partial charge in [-0.25, -0.2) is 4.79 Å². The summed E-state index contributed by atoms with van der Waals surface area (Å²) in [5.74, 6) is -1.02. The molecule has 2 aromatic rings. The van der Waals surface area contributed by atoms with Crippen LogP contribution in [0.25, 0.3) is 10.8 Å². The number of carbonyl (C=O) groups is 2. The minimum atomic E-state index is -0.616. The maximum atomic E-state index is 12.6. The van der Waals surface area contributed by atoms with Gasteiger partial charge < -0.3 is 25.0 Å². The maximum absolute atomic E-state index is 12.6. The van der Waals surface area contributed by atoms with Crippen molar-refractivity contribution in [3.8, 4) is 0 Å². The molecule has 0 saturated carbocycles. The molecule has 0 aliphatic carbocycles. The van der Waals surface area contributed by atoms with Gasteiger partial charge in [-0.1, -0.05) is 12.1 Å². The van der Waals surface area contributed by atoms with Crippen LogP contribution in [0.1, 0.15) is 0 Å². The van der Waals surface area contributed by atoms with Gasteiger partial charge in [-0.3, -0.25) is 9.59 Å². The number of β-amino-alcohol motifs (C(OH)–C–C–N with tert-alkyl or cyclic N) is 1. The molecule has 1 aliphatic rings. The van der Waals surface area contributed by atoms with Gasteiger partial charge in [-0.05, 0) is 6.07 Å². The average molecular weight is 343 g/mol. The molecule has 25 heavy (non-hydrogen) atoms. The Hall–Kier alpha value is -3.13. The van der Waals surface area contributed by atoms with Gasteiger partial charge in [0.25, 0.3) is 5.91 Å². The van der Waals surface area contributed by atoms with Crippen LogP contribution in [0.15, 0.2) is 46.5 Å². The number of aromatic nitrogens is 1. The highest BCUT2D eigenvalue weighted by molar-refractivity contribution is 6.09. The molecule has 0 fully saturated rings. The fraction of sp³-hybridized carbons (Fsp3) is 0.235. The molecule has 3 rings (SSSR count). The zero-order valence-corrected chi connectivity index (χ0v) is 13.5. The van der Waals surface area contributed by atoms with Crippen molar-refractivity contribution in [2.45, 2.75) is 0 Å². The molecule has 1 aromatic heterocycles. The third-order valence-electron chi connectivity index (χ3n) is 4.00. The lowest BCUT2D eigenvalue weighted by Gasteiger charge is -2.15. The molecule has 0 atom stereocenters. The van der Waals surface area contributed by atoms with Crippen LogP contribution < -0.4 is 10.9 Å². The predicted molar refractivity (Wildman–Crippen MR) is 90.9 cm³/mol. The summed E-state index contributed by atoms with van der Waals surface area (Å²) in [6.45, 7) is -0.0451. The van der Waals surface area contributed by atoms with E-state index in [1.54, 1.807) is 18.3 Å². The lowest BCUT2D eigenvalue weighted by molar-refractivity contribution is -0.136. The van der Waals surface area contributed by atoms with Crippen LogP contribution in [0.4, 0.5) is 5.69 Å². The molecular formula is C17H17N3O5. The minimum absolute atomic E-state index is 0.0553. The second-order valence-electron chi connectivity index (χ2n) is 5.53. The summed E-state index contributed by atoms with van der Waals surface area (Å²) in [6.07, 6.45) is 1.58. The number of H-pyrrole nitrogens is 1. The van der Waals surface area contributed by atoms with E-state index >= 15 is 0 Å². The summed E-state index contributed by atoms with van der Waals surface area (Å²) < 4.78 is 4.75. The normalized spacial score (nSPS) is 14.3. The number of anilines is 1. The number of carbonyl (C=O) groups excluding carboxylic acids is 2. The zero-order valence-electron chi connectivity index (χ0n) is 13.5. The molecule has 0 spiro atoms. The molecule has 0 bridgehead atoms. The van der Waals surface area contributed by atoms with E-state index in [1.165, 1.54) is 18.1 Å².